The van der Waals surface area contributed by atoms with Crippen LogP contribution in [0, 0.1) is 0 Å². The fourth-order valence-corrected chi connectivity index (χ4v) is 3.72. The Morgan fingerprint density at radius 2 is 1.88 bits per heavy atom. The fraction of sp³-hybridized carbons (Fsp3) is 0.733. The van der Waals surface area contributed by atoms with Gasteiger partial charge < -0.3 is 32.1 Å². The third kappa shape index (κ3) is 3.45. The summed E-state index contributed by atoms with van der Waals surface area (Å²) >= 11 is 0. The molecule has 7 N–H and O–H groups in total. The quantitative estimate of drug-likeness (QED) is 0.379. The van der Waals surface area contributed by atoms with Crippen molar-refractivity contribution >= 4 is 23.6 Å². The van der Waals surface area contributed by atoms with Crippen LogP contribution in [0.5, 0.6) is 0 Å². The number of rotatable bonds is 7. The maximum Gasteiger partial charge on any atom is 0.249 e. The first-order valence-electron chi connectivity index (χ1n) is 8.31. The van der Waals surface area contributed by atoms with E-state index in [9.17, 15) is 24.3 Å². The molecule has 2 saturated heterocycles. The normalized spacial score (nSPS) is 25.4. The predicted octanol–water partition coefficient (Wildman–Crippen LogP) is -2.98. The minimum Gasteiger partial charge on any atom is -0.394 e. The van der Waals surface area contributed by atoms with Crippen molar-refractivity contribution in [1.29, 1.82) is 0 Å². The number of nitrogens with zero attached hydrogens (tertiary/aromatic N) is 2. The standard InChI is InChI=1S/C15H25N5O5/c16-9(2-3-11(17)22)13(24)20-6-1-4-15(20)5-7-19(14(15)25)10(8-21)12(18)23/h9-10,21H,1-8,16H2,(H2,17,22)(H2,18,23)/t9-,10-,15?/m0/s1. The van der Waals surface area contributed by atoms with Crippen molar-refractivity contribution < 1.29 is 24.3 Å². The van der Waals surface area contributed by atoms with E-state index in [1.807, 2.05) is 0 Å². The monoisotopic (exact) mass is 355 g/mol. The molecule has 0 aliphatic carbocycles. The van der Waals surface area contributed by atoms with Crippen LogP contribution in [0.2, 0.25) is 0 Å². The molecule has 1 unspecified atom stereocenters. The molecule has 4 amide bonds. The molecule has 0 saturated carbocycles. The number of carbonyl (C=O) groups excluding carboxylic acids is 4. The van der Waals surface area contributed by atoms with E-state index >= 15 is 0 Å². The zero-order valence-corrected chi connectivity index (χ0v) is 14.0. The van der Waals surface area contributed by atoms with Gasteiger partial charge in [-0.1, -0.05) is 0 Å². The van der Waals surface area contributed by atoms with Crippen molar-refractivity contribution in [3.63, 3.8) is 0 Å². The minimum atomic E-state index is -1.10. The van der Waals surface area contributed by atoms with Crippen LogP contribution in [0.15, 0.2) is 0 Å². The van der Waals surface area contributed by atoms with Crippen LogP contribution in [-0.4, -0.2) is 75.9 Å². The summed E-state index contributed by atoms with van der Waals surface area (Å²) in [5, 5.41) is 9.35. The van der Waals surface area contributed by atoms with Gasteiger partial charge in [0.1, 0.15) is 11.6 Å². The zero-order valence-electron chi connectivity index (χ0n) is 14.0. The number of aliphatic hydroxyl groups is 1. The molecular formula is C15H25N5O5. The van der Waals surface area contributed by atoms with E-state index in [4.69, 9.17) is 17.2 Å². The number of hydrogen-bond donors (Lipinski definition) is 4. The summed E-state index contributed by atoms with van der Waals surface area (Å²) in [6, 6.07) is -2.03. The highest BCUT2D eigenvalue weighted by molar-refractivity contribution is 5.97. The van der Waals surface area contributed by atoms with E-state index in [-0.39, 0.29) is 19.4 Å². The molecular weight excluding hydrogens is 330 g/mol. The number of amides is 4. The molecule has 3 atom stereocenters. The van der Waals surface area contributed by atoms with Crippen molar-refractivity contribution in [3.05, 3.63) is 0 Å². The molecule has 0 aromatic carbocycles. The maximum absolute atomic E-state index is 12.9. The van der Waals surface area contributed by atoms with E-state index < -0.39 is 47.9 Å². The Bertz CT molecular complexity index is 583. The molecule has 25 heavy (non-hydrogen) atoms. The molecule has 10 heteroatoms. The zero-order chi connectivity index (χ0) is 18.8. The minimum absolute atomic E-state index is 0.0118. The summed E-state index contributed by atoms with van der Waals surface area (Å²) in [5.74, 6) is -2.14. The molecule has 140 valence electrons. The average Bonchev–Trinajstić information content (AvgIpc) is 3.12. The van der Waals surface area contributed by atoms with Crippen LogP contribution in [0.25, 0.3) is 0 Å². The van der Waals surface area contributed by atoms with Gasteiger partial charge in [0, 0.05) is 19.5 Å². The second-order valence-corrected chi connectivity index (χ2v) is 6.59. The molecule has 0 bridgehead atoms. The van der Waals surface area contributed by atoms with Gasteiger partial charge in [0.25, 0.3) is 0 Å². The highest BCUT2D eigenvalue weighted by Crippen LogP contribution is 2.39. The Hall–Kier alpha value is -2.20. The van der Waals surface area contributed by atoms with Crippen LogP contribution in [0.3, 0.4) is 0 Å². The first-order chi connectivity index (χ1) is 11.7. The van der Waals surface area contributed by atoms with Crippen LogP contribution >= 0.6 is 0 Å². The predicted molar refractivity (Wildman–Crippen MR) is 86.5 cm³/mol. The lowest BCUT2D eigenvalue weighted by Gasteiger charge is -2.35. The first-order valence-corrected chi connectivity index (χ1v) is 8.31. The van der Waals surface area contributed by atoms with E-state index in [0.29, 0.717) is 25.8 Å². The maximum atomic E-state index is 12.9. The molecule has 2 aliphatic rings. The van der Waals surface area contributed by atoms with Gasteiger partial charge in [-0.25, -0.2) is 0 Å². The van der Waals surface area contributed by atoms with Crippen LogP contribution in [-0.2, 0) is 19.2 Å². The van der Waals surface area contributed by atoms with Crippen molar-refractivity contribution in [2.24, 2.45) is 17.2 Å². The summed E-state index contributed by atoms with van der Waals surface area (Å²) in [6.07, 6.45) is 1.55. The van der Waals surface area contributed by atoms with E-state index in [2.05, 4.69) is 0 Å². The number of likely N-dealkylation sites (tertiary alicyclic amines) is 2. The van der Waals surface area contributed by atoms with Gasteiger partial charge >= 0.3 is 0 Å². The van der Waals surface area contributed by atoms with Crippen LogP contribution < -0.4 is 17.2 Å². The van der Waals surface area contributed by atoms with Gasteiger partial charge in [-0.2, -0.15) is 0 Å². The first kappa shape index (κ1) is 19.1. The number of nitrogens with two attached hydrogens (primary N) is 3. The summed E-state index contributed by atoms with van der Waals surface area (Å²) in [6.45, 7) is 0.0412. The van der Waals surface area contributed by atoms with Gasteiger partial charge in [-0.05, 0) is 25.7 Å². The van der Waals surface area contributed by atoms with Gasteiger partial charge in [0.15, 0.2) is 0 Å². The molecule has 0 radical (unpaired) electrons. The highest BCUT2D eigenvalue weighted by atomic mass is 16.3. The fourth-order valence-electron chi connectivity index (χ4n) is 3.72. The third-order valence-electron chi connectivity index (χ3n) is 5.08. The van der Waals surface area contributed by atoms with Crippen LogP contribution in [0.4, 0.5) is 0 Å². The SMILES string of the molecule is NC(=O)CC[C@H](N)C(=O)N1CCCC12CCN([C@@H](CO)C(N)=O)C2=O. The Labute approximate surface area is 145 Å². The molecule has 10 nitrogen and oxygen atoms in total. The number of carbonyl (C=O) groups is 4. The van der Waals surface area contributed by atoms with Crippen molar-refractivity contribution in [3.8, 4) is 0 Å². The van der Waals surface area contributed by atoms with Gasteiger partial charge in [-0.3, -0.25) is 19.2 Å². The summed E-state index contributed by atoms with van der Waals surface area (Å²) in [4.78, 5) is 50.7. The van der Waals surface area contributed by atoms with Gasteiger partial charge in [0.2, 0.25) is 23.6 Å². The van der Waals surface area contributed by atoms with E-state index in [0.717, 1.165) is 0 Å². The molecule has 0 aromatic rings. The molecule has 2 fully saturated rings. The summed E-state index contributed by atoms with van der Waals surface area (Å²) in [7, 11) is 0. The Balaban J connectivity index is 2.17. The van der Waals surface area contributed by atoms with E-state index in [1.54, 1.807) is 0 Å². The number of primary amides is 2. The Morgan fingerprint density at radius 3 is 2.44 bits per heavy atom. The lowest BCUT2D eigenvalue weighted by molar-refractivity contribution is -0.150. The lowest BCUT2D eigenvalue weighted by Crippen LogP contribution is -2.58. The Morgan fingerprint density at radius 1 is 1.20 bits per heavy atom. The largest absolute Gasteiger partial charge is 0.394 e. The topological polar surface area (TPSA) is 173 Å². The Kier molecular flexibility index (Phi) is 5.63. The van der Waals surface area contributed by atoms with Gasteiger partial charge in [-0.15, -0.1) is 0 Å². The van der Waals surface area contributed by atoms with Crippen molar-refractivity contribution in [2.75, 3.05) is 19.7 Å². The number of aliphatic hydroxyl groups excluding tert-OH is 1. The third-order valence-corrected chi connectivity index (χ3v) is 5.08. The van der Waals surface area contributed by atoms with Crippen molar-refractivity contribution in [2.45, 2.75) is 49.7 Å². The second-order valence-electron chi connectivity index (χ2n) is 6.59. The molecule has 2 aliphatic heterocycles. The average molecular weight is 355 g/mol. The highest BCUT2D eigenvalue weighted by Gasteiger charge is 2.56. The summed E-state index contributed by atoms with van der Waals surface area (Å²) in [5.41, 5.74) is 15.2. The second kappa shape index (κ2) is 7.36. The van der Waals surface area contributed by atoms with Crippen LogP contribution in [0.1, 0.15) is 32.1 Å². The molecule has 0 aromatic heterocycles. The van der Waals surface area contributed by atoms with Crippen molar-refractivity contribution in [1.82, 2.24) is 9.80 Å². The molecule has 1 spiro atoms. The lowest BCUT2D eigenvalue weighted by atomic mass is 9.93. The number of hydrogen-bond acceptors (Lipinski definition) is 6. The smallest absolute Gasteiger partial charge is 0.249 e. The summed E-state index contributed by atoms with van der Waals surface area (Å²) < 4.78 is 0. The van der Waals surface area contributed by atoms with Gasteiger partial charge in [0.05, 0.1) is 12.6 Å². The molecule has 2 heterocycles. The molecule has 2 rings (SSSR count). The van der Waals surface area contributed by atoms with E-state index in [1.165, 1.54) is 9.80 Å².